The molecule has 2 aliphatic carbocycles. The van der Waals surface area contributed by atoms with Crippen molar-refractivity contribution in [3.05, 3.63) is 220 Å². The largest absolute Gasteiger partial charge is 0.456 e. The second kappa shape index (κ2) is 12.4. The van der Waals surface area contributed by atoms with Gasteiger partial charge in [-0.2, -0.15) is 0 Å². The van der Waals surface area contributed by atoms with Crippen LogP contribution < -0.4 is 9.80 Å². The molecule has 5 aliphatic rings. The third kappa shape index (κ3) is 4.31. The van der Waals surface area contributed by atoms with Crippen LogP contribution in [0.1, 0.15) is 91.1 Å². The quantitative estimate of drug-likeness (QED) is 0.164. The van der Waals surface area contributed by atoms with Crippen LogP contribution in [0, 0.1) is 0 Å². The predicted molar refractivity (Wildman–Crippen MR) is 278 cm³/mol. The van der Waals surface area contributed by atoms with Crippen molar-refractivity contribution in [1.29, 1.82) is 0 Å². The summed E-state index contributed by atoms with van der Waals surface area (Å²) in [6.07, 6.45) is 2.29. The van der Waals surface area contributed by atoms with Gasteiger partial charge in [0.05, 0.1) is 39.6 Å². The van der Waals surface area contributed by atoms with Gasteiger partial charge in [0.15, 0.2) is 5.58 Å². The highest BCUT2D eigenvalue weighted by atomic mass is 16.3. The van der Waals surface area contributed by atoms with Crippen LogP contribution in [0.5, 0.6) is 0 Å². The molecule has 0 radical (unpaired) electrons. The fourth-order valence-electron chi connectivity index (χ4n) is 14.0. The predicted octanol–water partition coefficient (Wildman–Crippen LogP) is 17.2. The zero-order valence-electron chi connectivity index (χ0n) is 38.4. The molecule has 2 aromatic heterocycles. The monoisotopic (exact) mass is 874 g/mol. The lowest BCUT2D eigenvalue weighted by Gasteiger charge is -2.52. The molecule has 3 aliphatic heterocycles. The van der Waals surface area contributed by atoms with Crippen molar-refractivity contribution in [2.24, 2.45) is 0 Å². The van der Waals surface area contributed by atoms with Gasteiger partial charge < -0.3 is 18.6 Å². The third-order valence-electron chi connectivity index (χ3n) is 17.1. The van der Waals surface area contributed by atoms with Crippen molar-refractivity contribution in [2.75, 3.05) is 9.80 Å². The normalized spacial score (nSPS) is 18.0. The molecular formula is C64H46N2O2. The molecule has 0 saturated carbocycles. The Morgan fingerprint density at radius 1 is 0.441 bits per heavy atom. The second-order valence-electron chi connectivity index (χ2n) is 21.3. The first-order valence-electron chi connectivity index (χ1n) is 24.3. The van der Waals surface area contributed by atoms with Crippen LogP contribution >= 0.6 is 0 Å². The third-order valence-corrected chi connectivity index (χ3v) is 17.1. The SMILES string of the molecule is CC1(C)CCC(C)(C)c2cc(N3c4c(ccc5c4oc4ccccc45)-c4cc5oc6ccccc6c5c5c4C3c3cccc4c3N5c3ccccc3C43c4ccccc4-c4ccccc43)ccc21. The number of hydrogen-bond donors (Lipinski definition) is 0. The smallest absolute Gasteiger partial charge is 0.159 e. The van der Waals surface area contributed by atoms with Gasteiger partial charge in [0.25, 0.3) is 0 Å². The molecule has 0 N–H and O–H groups in total. The van der Waals surface area contributed by atoms with Gasteiger partial charge in [0.1, 0.15) is 16.7 Å². The van der Waals surface area contributed by atoms with Crippen LogP contribution in [0.25, 0.3) is 66.1 Å². The number of rotatable bonds is 1. The molecule has 0 fully saturated rings. The molecule has 68 heavy (non-hydrogen) atoms. The summed E-state index contributed by atoms with van der Waals surface area (Å²) < 4.78 is 14.2. The Kier molecular flexibility index (Phi) is 6.79. The summed E-state index contributed by atoms with van der Waals surface area (Å²) in [6.45, 7) is 9.75. The number of hydrogen-bond acceptors (Lipinski definition) is 4. The van der Waals surface area contributed by atoms with Crippen LogP contribution in [0.2, 0.25) is 0 Å². The van der Waals surface area contributed by atoms with Gasteiger partial charge in [-0.05, 0) is 116 Å². The maximum Gasteiger partial charge on any atom is 0.159 e. The Balaban J connectivity index is 1.11. The van der Waals surface area contributed by atoms with E-state index >= 15 is 0 Å². The van der Waals surface area contributed by atoms with E-state index in [-0.39, 0.29) is 16.9 Å². The summed E-state index contributed by atoms with van der Waals surface area (Å²) in [5, 5.41) is 4.51. The van der Waals surface area contributed by atoms with Crippen molar-refractivity contribution in [2.45, 2.75) is 62.8 Å². The molecule has 324 valence electrons. The Bertz CT molecular complexity index is 4040. The van der Waals surface area contributed by atoms with E-state index in [9.17, 15) is 0 Å². The Labute approximate surface area is 394 Å². The number of furan rings is 2. The first-order chi connectivity index (χ1) is 33.2. The first-order valence-corrected chi connectivity index (χ1v) is 24.3. The van der Waals surface area contributed by atoms with E-state index in [2.05, 4.69) is 213 Å². The van der Waals surface area contributed by atoms with Gasteiger partial charge >= 0.3 is 0 Å². The zero-order chi connectivity index (χ0) is 45.0. The molecule has 1 spiro atoms. The summed E-state index contributed by atoms with van der Waals surface area (Å²) in [5.74, 6) is 0. The van der Waals surface area contributed by atoms with Crippen molar-refractivity contribution in [1.82, 2.24) is 0 Å². The average molecular weight is 875 g/mol. The van der Waals surface area contributed by atoms with Gasteiger partial charge in [0, 0.05) is 38.5 Å². The minimum atomic E-state index is -0.566. The summed E-state index contributed by atoms with van der Waals surface area (Å²) in [5.41, 5.74) is 24.6. The maximum absolute atomic E-state index is 7.17. The van der Waals surface area contributed by atoms with Gasteiger partial charge in [-0.3, -0.25) is 0 Å². The lowest BCUT2D eigenvalue weighted by atomic mass is 9.62. The van der Waals surface area contributed by atoms with E-state index in [0.717, 1.165) is 68.0 Å². The summed E-state index contributed by atoms with van der Waals surface area (Å²) in [6, 6.07) is 66.1. The lowest BCUT2D eigenvalue weighted by Crippen LogP contribution is -2.41. The Hall–Kier alpha value is -7.82. The number of fused-ring (bicyclic) bond motifs is 22. The standard InChI is InChI=1S/C64H46N2O2/c1-62(2)32-33-63(3,4)50-34-36(28-31-47(50)62)65-58-43-20-15-24-49-57(43)66(51-25-12-11-23-48(51)64(49)45-21-9-5-16-37(45)38-17-6-10-22-46(38)64)60-55-42-19-8-14-27-53(42)67-54(55)35-44(56(58)60)40-29-30-41-39-18-7-13-26-52(39)68-61(41)59(40)65/h5-31,34-35,58H,32-33H2,1-4H3. The topological polar surface area (TPSA) is 32.8 Å². The van der Waals surface area contributed by atoms with Crippen LogP contribution in [0.15, 0.2) is 185 Å². The van der Waals surface area contributed by atoms with Crippen LogP contribution in [0.4, 0.5) is 28.4 Å². The molecule has 16 rings (SSSR count). The Morgan fingerprint density at radius 2 is 1.09 bits per heavy atom. The van der Waals surface area contributed by atoms with Crippen molar-refractivity contribution >= 4 is 72.3 Å². The lowest BCUT2D eigenvalue weighted by molar-refractivity contribution is 0.332. The van der Waals surface area contributed by atoms with Gasteiger partial charge in [-0.1, -0.05) is 161 Å². The van der Waals surface area contributed by atoms with Crippen LogP contribution in [0.3, 0.4) is 0 Å². The molecule has 0 bridgehead atoms. The summed E-state index contributed by atoms with van der Waals surface area (Å²) in [4.78, 5) is 5.34. The van der Waals surface area contributed by atoms with E-state index in [1.54, 1.807) is 0 Å². The van der Waals surface area contributed by atoms with Crippen molar-refractivity contribution in [3.8, 4) is 22.3 Å². The first kappa shape index (κ1) is 37.3. The van der Waals surface area contributed by atoms with E-state index in [1.165, 1.54) is 83.9 Å². The average Bonchev–Trinajstić information content (AvgIpc) is 4.04. The van der Waals surface area contributed by atoms with Crippen LogP contribution in [-0.4, -0.2) is 0 Å². The van der Waals surface area contributed by atoms with Gasteiger partial charge in [-0.25, -0.2) is 0 Å². The molecule has 9 aromatic carbocycles. The molecule has 11 aromatic rings. The maximum atomic E-state index is 7.17. The number of nitrogens with zero attached hydrogens (tertiary/aromatic N) is 2. The highest BCUT2D eigenvalue weighted by Gasteiger charge is 2.55. The van der Waals surface area contributed by atoms with Gasteiger partial charge in [-0.15, -0.1) is 0 Å². The van der Waals surface area contributed by atoms with Crippen LogP contribution in [-0.2, 0) is 16.2 Å². The number of benzene rings is 9. The second-order valence-corrected chi connectivity index (χ2v) is 21.3. The van der Waals surface area contributed by atoms with Gasteiger partial charge in [0.2, 0.25) is 0 Å². The van der Waals surface area contributed by atoms with E-state index in [1.807, 2.05) is 0 Å². The fourth-order valence-corrected chi connectivity index (χ4v) is 14.0. The zero-order valence-corrected chi connectivity index (χ0v) is 38.4. The van der Waals surface area contributed by atoms with Crippen molar-refractivity contribution in [3.63, 3.8) is 0 Å². The van der Waals surface area contributed by atoms with E-state index in [0.29, 0.717) is 0 Å². The summed E-state index contributed by atoms with van der Waals surface area (Å²) in [7, 11) is 0. The fraction of sp³-hybridized carbons (Fsp3) is 0.156. The van der Waals surface area contributed by atoms with E-state index in [4.69, 9.17) is 8.83 Å². The molecule has 0 amide bonds. The minimum Gasteiger partial charge on any atom is -0.456 e. The van der Waals surface area contributed by atoms with E-state index < -0.39 is 5.41 Å². The Morgan fingerprint density at radius 3 is 1.87 bits per heavy atom. The molecule has 1 atom stereocenters. The minimum absolute atomic E-state index is 0.00438. The molecule has 1 unspecified atom stereocenters. The highest BCUT2D eigenvalue weighted by Crippen LogP contribution is 2.70. The number of anilines is 5. The molecule has 0 saturated heterocycles. The van der Waals surface area contributed by atoms with Crippen molar-refractivity contribution < 1.29 is 8.83 Å². The summed E-state index contributed by atoms with van der Waals surface area (Å²) >= 11 is 0. The highest BCUT2D eigenvalue weighted by molar-refractivity contribution is 6.21. The molecule has 4 heteroatoms. The molecule has 5 heterocycles. The molecule has 4 nitrogen and oxygen atoms in total. The number of para-hydroxylation sites is 4. The molecular weight excluding hydrogens is 829 g/mol.